The molecule has 5 heterocycles. The maximum Gasteiger partial charge on any atom is 0.416 e. The van der Waals surface area contributed by atoms with Crippen molar-refractivity contribution in [3.63, 3.8) is 0 Å². The summed E-state index contributed by atoms with van der Waals surface area (Å²) in [5.74, 6) is 0.853. The number of pyridine rings is 2. The maximum absolute atomic E-state index is 13.1. The van der Waals surface area contributed by atoms with Gasteiger partial charge in [-0.25, -0.2) is 4.98 Å². The Morgan fingerprint density at radius 3 is 2.73 bits per heavy atom. The van der Waals surface area contributed by atoms with Gasteiger partial charge in [0, 0.05) is 42.3 Å². The summed E-state index contributed by atoms with van der Waals surface area (Å²) in [6.07, 6.45) is -1.88. The molecule has 0 radical (unpaired) electrons. The largest absolute Gasteiger partial charge is 0.416 e. The van der Waals surface area contributed by atoms with Gasteiger partial charge >= 0.3 is 6.18 Å². The molecule has 0 saturated carbocycles. The van der Waals surface area contributed by atoms with E-state index >= 15 is 0 Å². The average molecular weight is 563 g/mol. The number of carbonyl (C=O) groups excluding carboxylic acids is 1. The quantitative estimate of drug-likeness (QED) is 0.302. The van der Waals surface area contributed by atoms with Crippen LogP contribution in [0.4, 0.5) is 29.7 Å². The minimum atomic E-state index is -4.57. The molecule has 0 bridgehead atoms. The summed E-state index contributed by atoms with van der Waals surface area (Å²) in [5, 5.41) is 6.82. The van der Waals surface area contributed by atoms with Gasteiger partial charge in [-0.05, 0) is 72.9 Å². The number of alkyl halides is 3. The lowest BCUT2D eigenvalue weighted by Crippen LogP contribution is -2.17. The molecule has 3 aromatic rings. The van der Waals surface area contributed by atoms with Crippen molar-refractivity contribution in [3.8, 4) is 22.5 Å². The van der Waals surface area contributed by atoms with Crippen LogP contribution < -0.4 is 16.3 Å². The second-order valence-electron chi connectivity index (χ2n) is 9.26. The van der Waals surface area contributed by atoms with Gasteiger partial charge in [0.1, 0.15) is 22.3 Å². The molecule has 1 amide bonds. The molecule has 0 saturated heterocycles. The Hall–Kier alpha value is -4.65. The number of nitrogens with zero attached hydrogens (tertiary/aromatic N) is 6. The van der Waals surface area contributed by atoms with Gasteiger partial charge in [-0.2, -0.15) is 27.5 Å². The van der Waals surface area contributed by atoms with Gasteiger partial charge in [0.05, 0.1) is 11.3 Å². The number of fused-ring (bicyclic) bond motifs is 3. The number of aromatic nitrogens is 5. The van der Waals surface area contributed by atoms with Crippen molar-refractivity contribution in [1.82, 2.24) is 23.9 Å². The Labute approximate surface area is 230 Å². The normalized spacial score (nSPS) is 13.4. The van der Waals surface area contributed by atoms with Crippen molar-refractivity contribution in [2.24, 2.45) is 4.99 Å². The van der Waals surface area contributed by atoms with Crippen LogP contribution in [0.5, 0.6) is 0 Å². The minimum absolute atomic E-state index is 0.326. The third-order valence-electron chi connectivity index (χ3n) is 6.42. The monoisotopic (exact) mass is 562 g/mol. The molecular formula is C27H21F3N8OS. The molecule has 0 unspecified atom stereocenters. The topological polar surface area (TPSA) is 110 Å². The Bertz CT molecular complexity index is 1810. The molecular weight excluding hydrogens is 541 g/mol. The molecule has 9 nitrogen and oxygen atoms in total. The van der Waals surface area contributed by atoms with E-state index in [4.69, 9.17) is 4.98 Å². The van der Waals surface area contributed by atoms with Crippen LogP contribution in [0, 0.1) is 13.8 Å². The molecule has 40 heavy (non-hydrogen) atoms. The number of nitrogens with one attached hydrogen (secondary N) is 2. The number of halogens is 3. The Kier molecular flexibility index (Phi) is 6.29. The smallest absolute Gasteiger partial charge is 0.369 e. The zero-order valence-electron chi connectivity index (χ0n) is 21.2. The van der Waals surface area contributed by atoms with Crippen LogP contribution in [0.1, 0.15) is 27.3 Å². The lowest BCUT2D eigenvalue weighted by atomic mass is 9.98. The van der Waals surface area contributed by atoms with Crippen molar-refractivity contribution in [3.05, 3.63) is 83.0 Å². The highest BCUT2D eigenvalue weighted by Crippen LogP contribution is 2.39. The van der Waals surface area contributed by atoms with Crippen molar-refractivity contribution in [1.29, 1.82) is 0 Å². The van der Waals surface area contributed by atoms with Crippen LogP contribution in [-0.2, 0) is 12.7 Å². The highest BCUT2D eigenvalue weighted by Gasteiger charge is 2.31. The summed E-state index contributed by atoms with van der Waals surface area (Å²) < 4.78 is 45.6. The third kappa shape index (κ3) is 4.91. The molecule has 13 heteroatoms. The van der Waals surface area contributed by atoms with Crippen LogP contribution in [0.25, 0.3) is 22.5 Å². The Morgan fingerprint density at radius 1 is 1.10 bits per heavy atom. The first-order valence-corrected chi connectivity index (χ1v) is 13.0. The molecule has 3 aliphatic rings. The van der Waals surface area contributed by atoms with E-state index in [1.54, 1.807) is 18.3 Å². The summed E-state index contributed by atoms with van der Waals surface area (Å²) >= 11 is 1.28. The predicted molar refractivity (Wildman–Crippen MR) is 145 cm³/mol. The van der Waals surface area contributed by atoms with Crippen LogP contribution in [0.3, 0.4) is 0 Å². The van der Waals surface area contributed by atoms with Crippen molar-refractivity contribution < 1.29 is 18.0 Å². The van der Waals surface area contributed by atoms with Gasteiger partial charge in [-0.1, -0.05) is 6.07 Å². The number of benzene rings is 1. The summed E-state index contributed by atoms with van der Waals surface area (Å²) in [6, 6.07) is 10.7. The van der Waals surface area contributed by atoms with Gasteiger partial charge in [-0.3, -0.25) is 9.78 Å². The van der Waals surface area contributed by atoms with E-state index in [2.05, 4.69) is 34.5 Å². The van der Waals surface area contributed by atoms with Gasteiger partial charge in [0.15, 0.2) is 0 Å². The van der Waals surface area contributed by atoms with E-state index in [-0.39, 0.29) is 5.69 Å². The molecule has 0 spiro atoms. The van der Waals surface area contributed by atoms with Crippen molar-refractivity contribution >= 4 is 33.9 Å². The molecule has 1 aromatic carbocycles. The van der Waals surface area contributed by atoms with Crippen LogP contribution in [-0.4, -0.2) is 36.3 Å². The van der Waals surface area contributed by atoms with Gasteiger partial charge < -0.3 is 15.2 Å². The van der Waals surface area contributed by atoms with Crippen molar-refractivity contribution in [2.45, 2.75) is 26.6 Å². The molecule has 2 N–H and O–H groups in total. The van der Waals surface area contributed by atoms with Gasteiger partial charge in [-0.15, -0.1) is 0 Å². The highest BCUT2D eigenvalue weighted by atomic mass is 32.1. The number of hydrogen-bond donors (Lipinski definition) is 2. The van der Waals surface area contributed by atoms with Crippen LogP contribution in [0.15, 0.2) is 59.9 Å². The third-order valence-corrected chi connectivity index (χ3v) is 7.20. The van der Waals surface area contributed by atoms with E-state index in [1.807, 2.05) is 32.0 Å². The fourth-order valence-electron chi connectivity index (χ4n) is 4.54. The molecule has 6 rings (SSSR count). The van der Waals surface area contributed by atoms with Crippen molar-refractivity contribution in [2.75, 3.05) is 17.2 Å². The summed E-state index contributed by atoms with van der Waals surface area (Å²) in [7, 11) is 0. The molecule has 2 aromatic heterocycles. The maximum atomic E-state index is 13.1. The zero-order valence-corrected chi connectivity index (χ0v) is 22.1. The zero-order chi connectivity index (χ0) is 28.0. The SMILES string of the molecule is Cc1cc(N=c2ncc3cc(-c4cc(NC(=O)c5cc(C(F)(F)F)ccn5)ccc4C)c4n(c-3n2)CCN4)sn1. The number of hydrogen-bond acceptors (Lipinski definition) is 8. The summed E-state index contributed by atoms with van der Waals surface area (Å²) in [4.78, 5) is 30.2. The second kappa shape index (κ2) is 9.83. The number of anilines is 2. The van der Waals surface area contributed by atoms with E-state index in [0.29, 0.717) is 24.4 Å². The first-order valence-electron chi connectivity index (χ1n) is 12.2. The number of rotatable bonds is 4. The standard InChI is InChI=1S/C27H21F3N8OS/c1-14-3-4-18(34-25(39)21-11-17(5-6-31-21)27(28,29)30)12-19(14)20-10-16-13-33-26(35-22-9-15(2)37-40-22)36-23(16)38-8-7-32-24(20)38/h3-6,9-13,32H,7-8H2,1-2H3,(H,34,39). The molecule has 0 fully saturated rings. The van der Waals surface area contributed by atoms with Gasteiger partial charge in [0.2, 0.25) is 0 Å². The van der Waals surface area contributed by atoms with Gasteiger partial charge in [0.25, 0.3) is 11.5 Å². The first kappa shape index (κ1) is 25.6. The van der Waals surface area contributed by atoms with E-state index in [0.717, 1.165) is 62.9 Å². The molecule has 0 aliphatic carbocycles. The number of carbonyl (C=O) groups is 1. The number of aryl methyl sites for hydroxylation is 2. The fourth-order valence-corrected chi connectivity index (χ4v) is 5.17. The minimum Gasteiger partial charge on any atom is -0.369 e. The summed E-state index contributed by atoms with van der Waals surface area (Å²) in [5.41, 5.74) is 3.85. The predicted octanol–water partition coefficient (Wildman–Crippen LogP) is 5.45. The highest BCUT2D eigenvalue weighted by molar-refractivity contribution is 7.09. The molecule has 0 atom stereocenters. The summed E-state index contributed by atoms with van der Waals surface area (Å²) in [6.45, 7) is 5.23. The van der Waals surface area contributed by atoms with Crippen LogP contribution >= 0.6 is 11.5 Å². The van der Waals surface area contributed by atoms with E-state index < -0.39 is 17.6 Å². The first-order chi connectivity index (χ1) is 19.2. The lowest BCUT2D eigenvalue weighted by Gasteiger charge is -2.19. The lowest BCUT2D eigenvalue weighted by molar-refractivity contribution is -0.137. The Balaban J connectivity index is 1.37. The second-order valence-corrected chi connectivity index (χ2v) is 10.0. The van der Waals surface area contributed by atoms with E-state index in [9.17, 15) is 18.0 Å². The number of amides is 1. The Morgan fingerprint density at radius 2 is 1.95 bits per heavy atom. The molecule has 3 aliphatic heterocycles. The van der Waals surface area contributed by atoms with Crippen LogP contribution in [0.2, 0.25) is 0 Å². The average Bonchev–Trinajstić information content (AvgIpc) is 3.58. The fraction of sp³-hybridized carbons (Fsp3) is 0.185. The van der Waals surface area contributed by atoms with E-state index in [1.165, 1.54) is 11.5 Å². The molecule has 202 valence electrons.